The lowest BCUT2D eigenvalue weighted by atomic mass is 9.89. The molecule has 1 rings (SSSR count). The number of halogens is 1. The van der Waals surface area contributed by atoms with E-state index in [1.54, 1.807) is 0 Å². The predicted molar refractivity (Wildman–Crippen MR) is 59.2 cm³/mol. The van der Waals surface area contributed by atoms with Gasteiger partial charge in [-0.3, -0.25) is 0 Å². The van der Waals surface area contributed by atoms with Crippen molar-refractivity contribution >= 4 is 22.6 Å². The highest BCUT2D eigenvalue weighted by molar-refractivity contribution is 14.1. The minimum atomic E-state index is 0.914. The number of rotatable bonds is 4. The van der Waals surface area contributed by atoms with Crippen molar-refractivity contribution in [3.8, 4) is 0 Å². The molecular formula is C10H19I. The van der Waals surface area contributed by atoms with E-state index in [2.05, 4.69) is 43.4 Å². The molecule has 1 aliphatic carbocycles. The first-order chi connectivity index (χ1) is 5.16. The molecule has 1 aliphatic rings. The van der Waals surface area contributed by atoms with Crippen LogP contribution in [0.5, 0.6) is 0 Å². The molecule has 0 spiro atoms. The minimum absolute atomic E-state index is 0.914. The van der Waals surface area contributed by atoms with Gasteiger partial charge in [0.1, 0.15) is 0 Å². The molecule has 0 saturated heterocycles. The molecular weight excluding hydrogens is 247 g/mol. The molecule has 0 amide bonds. The molecule has 1 heteroatoms. The molecule has 11 heavy (non-hydrogen) atoms. The van der Waals surface area contributed by atoms with E-state index in [0.29, 0.717) is 0 Å². The van der Waals surface area contributed by atoms with E-state index in [-0.39, 0.29) is 0 Å². The second kappa shape index (κ2) is 4.11. The Morgan fingerprint density at radius 1 is 1.36 bits per heavy atom. The summed E-state index contributed by atoms with van der Waals surface area (Å²) in [6.07, 6.45) is 4.33. The highest BCUT2D eigenvalue weighted by Crippen LogP contribution is 2.42. The molecule has 0 nitrogen and oxygen atoms in total. The lowest BCUT2D eigenvalue weighted by Gasteiger charge is -2.23. The van der Waals surface area contributed by atoms with Crippen LogP contribution in [-0.2, 0) is 0 Å². The van der Waals surface area contributed by atoms with Gasteiger partial charge in [-0.05, 0) is 30.6 Å². The Balaban J connectivity index is 2.31. The fourth-order valence-corrected chi connectivity index (χ4v) is 2.96. The number of alkyl halides is 1. The summed E-state index contributed by atoms with van der Waals surface area (Å²) in [5.74, 6) is 2.91. The van der Waals surface area contributed by atoms with Gasteiger partial charge in [0.05, 0.1) is 0 Å². The van der Waals surface area contributed by atoms with Crippen molar-refractivity contribution < 1.29 is 0 Å². The molecule has 0 N–H and O–H groups in total. The summed E-state index contributed by atoms with van der Waals surface area (Å²) in [6, 6.07) is 0. The standard InChI is InChI=1S/C10H19I/c1-4-7(2)8(3)10(11)9-5-6-9/h7-10H,4-6H2,1-3H3. The van der Waals surface area contributed by atoms with E-state index in [1.807, 2.05) is 0 Å². The van der Waals surface area contributed by atoms with E-state index >= 15 is 0 Å². The molecule has 0 radical (unpaired) electrons. The van der Waals surface area contributed by atoms with Crippen LogP contribution in [0.3, 0.4) is 0 Å². The van der Waals surface area contributed by atoms with Gasteiger partial charge in [0.15, 0.2) is 0 Å². The summed E-state index contributed by atoms with van der Waals surface area (Å²) in [7, 11) is 0. The van der Waals surface area contributed by atoms with Crippen molar-refractivity contribution in [1.82, 2.24) is 0 Å². The second-order valence-electron chi connectivity index (χ2n) is 4.03. The maximum atomic E-state index is 2.66. The zero-order valence-electron chi connectivity index (χ0n) is 7.81. The molecule has 3 atom stereocenters. The lowest BCUT2D eigenvalue weighted by molar-refractivity contribution is 0.359. The Kier molecular flexibility index (Phi) is 3.66. The van der Waals surface area contributed by atoms with Crippen LogP contribution in [-0.4, -0.2) is 3.92 Å². The zero-order valence-corrected chi connectivity index (χ0v) is 9.97. The van der Waals surface area contributed by atoms with Crippen molar-refractivity contribution in [2.75, 3.05) is 0 Å². The second-order valence-corrected chi connectivity index (χ2v) is 5.46. The molecule has 1 fully saturated rings. The minimum Gasteiger partial charge on any atom is -0.0820 e. The van der Waals surface area contributed by atoms with E-state index in [9.17, 15) is 0 Å². The Morgan fingerprint density at radius 3 is 2.27 bits per heavy atom. The van der Waals surface area contributed by atoms with Gasteiger partial charge in [-0.15, -0.1) is 0 Å². The van der Waals surface area contributed by atoms with Crippen LogP contribution >= 0.6 is 22.6 Å². The van der Waals surface area contributed by atoms with Gasteiger partial charge in [0.2, 0.25) is 0 Å². The average molecular weight is 266 g/mol. The van der Waals surface area contributed by atoms with Crippen molar-refractivity contribution in [3.63, 3.8) is 0 Å². The van der Waals surface area contributed by atoms with Crippen LogP contribution in [0.2, 0.25) is 0 Å². The molecule has 66 valence electrons. The predicted octanol–water partition coefficient (Wildman–Crippen LogP) is 3.88. The third-order valence-electron chi connectivity index (χ3n) is 3.12. The van der Waals surface area contributed by atoms with Crippen molar-refractivity contribution in [3.05, 3.63) is 0 Å². The van der Waals surface area contributed by atoms with Gasteiger partial charge in [0.25, 0.3) is 0 Å². The molecule has 0 aliphatic heterocycles. The van der Waals surface area contributed by atoms with Crippen LogP contribution in [0.4, 0.5) is 0 Å². The summed E-state index contributed by atoms with van der Waals surface area (Å²) < 4.78 is 0.947. The summed E-state index contributed by atoms with van der Waals surface area (Å²) in [4.78, 5) is 0. The van der Waals surface area contributed by atoms with Crippen LogP contribution in [0.15, 0.2) is 0 Å². The number of hydrogen-bond acceptors (Lipinski definition) is 0. The lowest BCUT2D eigenvalue weighted by Crippen LogP contribution is -2.19. The van der Waals surface area contributed by atoms with Crippen LogP contribution in [0, 0.1) is 17.8 Å². The first kappa shape index (κ1) is 9.82. The van der Waals surface area contributed by atoms with Crippen molar-refractivity contribution in [2.45, 2.75) is 44.0 Å². The van der Waals surface area contributed by atoms with E-state index < -0.39 is 0 Å². The van der Waals surface area contributed by atoms with E-state index in [0.717, 1.165) is 21.7 Å². The smallest absolute Gasteiger partial charge is 0.0166 e. The van der Waals surface area contributed by atoms with Crippen LogP contribution in [0.1, 0.15) is 40.0 Å². The average Bonchev–Trinajstić information content (AvgIpc) is 2.82. The summed E-state index contributed by atoms with van der Waals surface area (Å²) in [6.45, 7) is 7.11. The molecule has 1 saturated carbocycles. The summed E-state index contributed by atoms with van der Waals surface area (Å²) >= 11 is 2.66. The Bertz CT molecular complexity index is 118. The fourth-order valence-electron chi connectivity index (χ4n) is 1.53. The Hall–Kier alpha value is 0.730. The van der Waals surface area contributed by atoms with Gasteiger partial charge in [-0.1, -0.05) is 49.8 Å². The third kappa shape index (κ3) is 2.60. The summed E-state index contributed by atoms with van der Waals surface area (Å²) in [5.41, 5.74) is 0. The summed E-state index contributed by atoms with van der Waals surface area (Å²) in [5, 5.41) is 0. The topological polar surface area (TPSA) is 0 Å². The first-order valence-electron chi connectivity index (χ1n) is 4.80. The molecule has 0 aromatic heterocycles. The largest absolute Gasteiger partial charge is 0.0820 e. The van der Waals surface area contributed by atoms with Crippen molar-refractivity contribution in [2.24, 2.45) is 17.8 Å². The quantitative estimate of drug-likeness (QED) is 0.535. The molecule has 0 aromatic rings. The van der Waals surface area contributed by atoms with Gasteiger partial charge >= 0.3 is 0 Å². The van der Waals surface area contributed by atoms with Crippen LogP contribution in [0.25, 0.3) is 0 Å². The van der Waals surface area contributed by atoms with Gasteiger partial charge in [-0.25, -0.2) is 0 Å². The van der Waals surface area contributed by atoms with Crippen molar-refractivity contribution in [1.29, 1.82) is 0 Å². The normalized spacial score (nSPS) is 26.2. The Morgan fingerprint density at radius 2 is 1.91 bits per heavy atom. The SMILES string of the molecule is CCC(C)C(C)C(I)C1CC1. The highest BCUT2D eigenvalue weighted by Gasteiger charge is 2.34. The highest BCUT2D eigenvalue weighted by atomic mass is 127. The first-order valence-corrected chi connectivity index (χ1v) is 6.05. The van der Waals surface area contributed by atoms with Gasteiger partial charge in [-0.2, -0.15) is 0 Å². The Labute approximate surface area is 84.3 Å². The third-order valence-corrected chi connectivity index (χ3v) is 5.27. The van der Waals surface area contributed by atoms with Crippen LogP contribution < -0.4 is 0 Å². The van der Waals surface area contributed by atoms with E-state index in [4.69, 9.17) is 0 Å². The molecule has 3 unspecified atom stereocenters. The van der Waals surface area contributed by atoms with Gasteiger partial charge in [0, 0.05) is 3.92 Å². The zero-order chi connectivity index (χ0) is 8.43. The molecule has 0 heterocycles. The van der Waals surface area contributed by atoms with Gasteiger partial charge < -0.3 is 0 Å². The molecule has 0 aromatic carbocycles. The maximum Gasteiger partial charge on any atom is 0.0166 e. The fraction of sp³-hybridized carbons (Fsp3) is 1.00. The maximum absolute atomic E-state index is 2.66. The number of hydrogen-bond donors (Lipinski definition) is 0. The molecule has 0 bridgehead atoms. The van der Waals surface area contributed by atoms with E-state index in [1.165, 1.54) is 19.3 Å². The monoisotopic (exact) mass is 266 g/mol.